The van der Waals surface area contributed by atoms with Gasteiger partial charge in [0.2, 0.25) is 5.95 Å². The molecule has 0 aliphatic carbocycles. The first-order valence-corrected chi connectivity index (χ1v) is 7.28. The molecule has 0 saturated carbocycles. The van der Waals surface area contributed by atoms with Crippen LogP contribution in [0.4, 0.5) is 20.4 Å². The van der Waals surface area contributed by atoms with Gasteiger partial charge in [-0.25, -0.2) is 18.7 Å². The molecule has 122 valence electrons. The van der Waals surface area contributed by atoms with Gasteiger partial charge >= 0.3 is 0 Å². The van der Waals surface area contributed by atoms with Crippen LogP contribution in [0.15, 0.2) is 30.6 Å². The van der Waals surface area contributed by atoms with E-state index in [1.807, 2.05) is 0 Å². The number of nitrogens with zero attached hydrogens (tertiary/aromatic N) is 2. The Kier molecular flexibility index (Phi) is 5.56. The Labute approximate surface area is 133 Å². The number of rotatable bonds is 6. The van der Waals surface area contributed by atoms with Gasteiger partial charge in [-0.3, -0.25) is 4.79 Å². The Morgan fingerprint density at radius 1 is 1.17 bits per heavy atom. The zero-order valence-electron chi connectivity index (χ0n) is 12.9. The Bertz CT molecular complexity index is 654. The molecule has 23 heavy (non-hydrogen) atoms. The van der Waals surface area contributed by atoms with Gasteiger partial charge in [0.1, 0.15) is 17.3 Å². The summed E-state index contributed by atoms with van der Waals surface area (Å²) in [4.78, 5) is 20.0. The standard InChI is InChI=1S/C16H18F2N4O/c1-10(2)6-7-19-16-20-8-11(9-21-16)15(23)22-14-12(17)4-3-5-13(14)18/h3-5,8-10H,6-7H2,1-2H3,(H,22,23)(H,19,20,21). The normalized spacial score (nSPS) is 10.7. The highest BCUT2D eigenvalue weighted by atomic mass is 19.1. The molecule has 0 bridgehead atoms. The van der Waals surface area contributed by atoms with Gasteiger partial charge in [-0.1, -0.05) is 19.9 Å². The van der Waals surface area contributed by atoms with Crippen LogP contribution >= 0.6 is 0 Å². The minimum Gasteiger partial charge on any atom is -0.354 e. The van der Waals surface area contributed by atoms with Crippen molar-refractivity contribution in [1.82, 2.24) is 9.97 Å². The maximum absolute atomic E-state index is 13.5. The number of carbonyl (C=O) groups is 1. The molecule has 1 aromatic carbocycles. The second-order valence-electron chi connectivity index (χ2n) is 5.46. The summed E-state index contributed by atoms with van der Waals surface area (Å²) in [5, 5.41) is 5.22. The second kappa shape index (κ2) is 7.62. The molecule has 0 unspecified atom stereocenters. The van der Waals surface area contributed by atoms with Crippen molar-refractivity contribution < 1.29 is 13.6 Å². The van der Waals surface area contributed by atoms with Gasteiger partial charge in [-0.2, -0.15) is 0 Å². The van der Waals surface area contributed by atoms with Crippen LogP contribution in [0.3, 0.4) is 0 Å². The summed E-state index contributed by atoms with van der Waals surface area (Å²) in [6.45, 7) is 4.94. The van der Waals surface area contributed by atoms with E-state index in [0.29, 0.717) is 11.9 Å². The lowest BCUT2D eigenvalue weighted by Gasteiger charge is -2.08. The molecule has 0 saturated heterocycles. The third kappa shape index (κ3) is 4.70. The number of anilines is 2. The van der Waals surface area contributed by atoms with E-state index in [0.717, 1.165) is 25.1 Å². The molecule has 0 spiro atoms. The zero-order chi connectivity index (χ0) is 16.8. The summed E-state index contributed by atoms with van der Waals surface area (Å²) in [6.07, 6.45) is 3.58. The number of amides is 1. The summed E-state index contributed by atoms with van der Waals surface area (Å²) in [5.74, 6) is -1.40. The van der Waals surface area contributed by atoms with Gasteiger partial charge in [0.25, 0.3) is 5.91 Å². The van der Waals surface area contributed by atoms with Gasteiger partial charge in [-0.05, 0) is 24.5 Å². The first-order valence-electron chi connectivity index (χ1n) is 7.28. The van der Waals surface area contributed by atoms with Crippen LogP contribution in [0.2, 0.25) is 0 Å². The van der Waals surface area contributed by atoms with E-state index < -0.39 is 23.2 Å². The highest BCUT2D eigenvalue weighted by molar-refractivity contribution is 6.04. The van der Waals surface area contributed by atoms with E-state index in [4.69, 9.17) is 0 Å². The van der Waals surface area contributed by atoms with E-state index in [2.05, 4.69) is 34.4 Å². The predicted molar refractivity (Wildman–Crippen MR) is 84.3 cm³/mol. The number of aromatic nitrogens is 2. The molecule has 2 rings (SSSR count). The number of hydrogen-bond donors (Lipinski definition) is 2. The molecule has 0 fully saturated rings. The number of nitrogens with one attached hydrogen (secondary N) is 2. The number of halogens is 2. The van der Waals surface area contributed by atoms with E-state index in [1.165, 1.54) is 18.5 Å². The van der Waals surface area contributed by atoms with Crippen molar-refractivity contribution in [2.24, 2.45) is 5.92 Å². The number of para-hydroxylation sites is 1. The highest BCUT2D eigenvalue weighted by Crippen LogP contribution is 2.18. The van der Waals surface area contributed by atoms with Gasteiger partial charge in [0.05, 0.1) is 5.56 Å². The minimum absolute atomic E-state index is 0.113. The van der Waals surface area contributed by atoms with E-state index in [9.17, 15) is 13.6 Å². The molecule has 7 heteroatoms. The van der Waals surface area contributed by atoms with Gasteiger partial charge < -0.3 is 10.6 Å². The molecule has 1 aromatic heterocycles. The summed E-state index contributed by atoms with van der Waals surface area (Å²) >= 11 is 0. The van der Waals surface area contributed by atoms with Crippen LogP contribution in [-0.4, -0.2) is 22.4 Å². The summed E-state index contributed by atoms with van der Waals surface area (Å²) in [5.41, 5.74) is -0.376. The van der Waals surface area contributed by atoms with Crippen molar-refractivity contribution in [3.8, 4) is 0 Å². The van der Waals surface area contributed by atoms with Gasteiger partial charge in [-0.15, -0.1) is 0 Å². The smallest absolute Gasteiger partial charge is 0.258 e. The molecule has 1 heterocycles. The fraction of sp³-hybridized carbons (Fsp3) is 0.312. The third-order valence-corrected chi connectivity index (χ3v) is 3.12. The molecule has 2 N–H and O–H groups in total. The topological polar surface area (TPSA) is 66.9 Å². The minimum atomic E-state index is -0.841. The number of benzene rings is 1. The van der Waals surface area contributed by atoms with Crippen molar-refractivity contribution >= 4 is 17.5 Å². The monoisotopic (exact) mass is 320 g/mol. The van der Waals surface area contributed by atoms with Crippen LogP contribution in [0.5, 0.6) is 0 Å². The first kappa shape index (κ1) is 16.8. The molecular weight excluding hydrogens is 302 g/mol. The Morgan fingerprint density at radius 3 is 2.35 bits per heavy atom. The number of carbonyl (C=O) groups excluding carboxylic acids is 1. The van der Waals surface area contributed by atoms with Gasteiger partial charge in [0, 0.05) is 18.9 Å². The van der Waals surface area contributed by atoms with Crippen molar-refractivity contribution in [3.05, 3.63) is 47.8 Å². The summed E-state index contributed by atoms with van der Waals surface area (Å²) in [7, 11) is 0. The first-order chi connectivity index (χ1) is 11.0. The van der Waals surface area contributed by atoms with E-state index >= 15 is 0 Å². The van der Waals surface area contributed by atoms with Crippen LogP contribution in [0, 0.1) is 17.6 Å². The summed E-state index contributed by atoms with van der Waals surface area (Å²) < 4.78 is 27.0. The van der Waals surface area contributed by atoms with E-state index in [-0.39, 0.29) is 5.56 Å². The highest BCUT2D eigenvalue weighted by Gasteiger charge is 2.14. The second-order valence-corrected chi connectivity index (χ2v) is 5.46. The fourth-order valence-electron chi connectivity index (χ4n) is 1.81. The SMILES string of the molecule is CC(C)CCNc1ncc(C(=O)Nc2c(F)cccc2F)cn1. The third-order valence-electron chi connectivity index (χ3n) is 3.12. The summed E-state index contributed by atoms with van der Waals surface area (Å²) in [6, 6.07) is 3.36. The van der Waals surface area contributed by atoms with Crippen LogP contribution in [0.1, 0.15) is 30.6 Å². The molecule has 0 aliphatic heterocycles. The number of hydrogen-bond acceptors (Lipinski definition) is 4. The fourth-order valence-corrected chi connectivity index (χ4v) is 1.81. The lowest BCUT2D eigenvalue weighted by molar-refractivity contribution is 0.102. The molecule has 2 aromatic rings. The van der Waals surface area contributed by atoms with Crippen molar-refractivity contribution in [2.45, 2.75) is 20.3 Å². The Hall–Kier alpha value is -2.57. The van der Waals surface area contributed by atoms with Crippen LogP contribution in [-0.2, 0) is 0 Å². The quantitative estimate of drug-likeness (QED) is 0.855. The largest absolute Gasteiger partial charge is 0.354 e. The van der Waals surface area contributed by atoms with Crippen molar-refractivity contribution in [2.75, 3.05) is 17.2 Å². The lowest BCUT2D eigenvalue weighted by atomic mass is 10.1. The maximum Gasteiger partial charge on any atom is 0.258 e. The lowest BCUT2D eigenvalue weighted by Crippen LogP contribution is -2.15. The average Bonchev–Trinajstić information content (AvgIpc) is 2.51. The molecule has 0 aliphatic rings. The molecule has 0 atom stereocenters. The Balaban J connectivity index is 2.00. The van der Waals surface area contributed by atoms with Crippen LogP contribution < -0.4 is 10.6 Å². The molecular formula is C16H18F2N4O. The Morgan fingerprint density at radius 2 is 1.78 bits per heavy atom. The van der Waals surface area contributed by atoms with Crippen molar-refractivity contribution in [1.29, 1.82) is 0 Å². The zero-order valence-corrected chi connectivity index (χ0v) is 12.9. The van der Waals surface area contributed by atoms with Gasteiger partial charge in [0.15, 0.2) is 0 Å². The van der Waals surface area contributed by atoms with Crippen LogP contribution in [0.25, 0.3) is 0 Å². The molecule has 5 nitrogen and oxygen atoms in total. The average molecular weight is 320 g/mol. The maximum atomic E-state index is 13.5. The molecule has 1 amide bonds. The molecule has 0 radical (unpaired) electrons. The predicted octanol–water partition coefficient (Wildman–Crippen LogP) is 3.47. The van der Waals surface area contributed by atoms with Crippen molar-refractivity contribution in [3.63, 3.8) is 0 Å². The van der Waals surface area contributed by atoms with E-state index in [1.54, 1.807) is 0 Å².